The minimum atomic E-state index is -3.57. The smallest absolute Gasteiger partial charge is 0.252 e. The zero-order valence-corrected chi connectivity index (χ0v) is 15.5. The van der Waals surface area contributed by atoms with Gasteiger partial charge in [-0.15, -0.1) is 11.3 Å². The predicted molar refractivity (Wildman–Crippen MR) is 91.2 cm³/mol. The van der Waals surface area contributed by atoms with Crippen LogP contribution in [-0.4, -0.2) is 49.7 Å². The number of halogens is 1. The van der Waals surface area contributed by atoms with E-state index in [9.17, 15) is 18.5 Å². The van der Waals surface area contributed by atoms with Crippen molar-refractivity contribution in [2.75, 3.05) is 26.2 Å². The fourth-order valence-electron chi connectivity index (χ4n) is 3.35. The largest absolute Gasteiger partial charge is 0.339 e. The van der Waals surface area contributed by atoms with Crippen molar-refractivity contribution in [3.05, 3.63) is 16.5 Å². The van der Waals surface area contributed by atoms with Crippen molar-refractivity contribution in [1.29, 1.82) is 5.26 Å². The van der Waals surface area contributed by atoms with Crippen molar-refractivity contribution >= 4 is 38.9 Å². The number of piperazine rings is 1. The summed E-state index contributed by atoms with van der Waals surface area (Å²) in [5, 5.41) is 9.43. The molecule has 0 radical (unpaired) electrons. The summed E-state index contributed by atoms with van der Waals surface area (Å²) in [5.74, 6) is -0.140. The van der Waals surface area contributed by atoms with Crippen molar-refractivity contribution in [3.8, 4) is 6.07 Å². The Morgan fingerprint density at radius 2 is 1.83 bits per heavy atom. The number of nitriles is 1. The molecule has 3 rings (SSSR count). The summed E-state index contributed by atoms with van der Waals surface area (Å²) in [5.41, 5.74) is -0.900. The van der Waals surface area contributed by atoms with Gasteiger partial charge in [-0.2, -0.15) is 9.57 Å². The minimum Gasteiger partial charge on any atom is -0.339 e. The molecule has 1 aromatic heterocycles. The lowest BCUT2D eigenvalue weighted by atomic mass is 9.86. The molecule has 1 saturated heterocycles. The van der Waals surface area contributed by atoms with Gasteiger partial charge in [-0.1, -0.05) is 24.4 Å². The van der Waals surface area contributed by atoms with Crippen LogP contribution in [-0.2, 0) is 14.8 Å². The summed E-state index contributed by atoms with van der Waals surface area (Å²) in [6.07, 6.45) is 3.00. The summed E-state index contributed by atoms with van der Waals surface area (Å²) in [7, 11) is -3.57. The van der Waals surface area contributed by atoms with E-state index in [1.54, 1.807) is 11.0 Å². The van der Waals surface area contributed by atoms with Crippen LogP contribution in [0.1, 0.15) is 25.7 Å². The van der Waals surface area contributed by atoms with Gasteiger partial charge in [-0.05, 0) is 25.0 Å². The topological polar surface area (TPSA) is 81.5 Å². The zero-order valence-electron chi connectivity index (χ0n) is 13.1. The number of hydrogen-bond donors (Lipinski definition) is 0. The molecule has 0 atom stereocenters. The fourth-order valence-corrected chi connectivity index (χ4v) is 6.41. The number of hydrogen-bond acceptors (Lipinski definition) is 5. The lowest BCUT2D eigenvalue weighted by molar-refractivity contribution is -0.140. The van der Waals surface area contributed by atoms with E-state index in [0.29, 0.717) is 30.3 Å². The van der Waals surface area contributed by atoms with Gasteiger partial charge in [-0.3, -0.25) is 4.79 Å². The first kappa shape index (κ1) is 17.7. The summed E-state index contributed by atoms with van der Waals surface area (Å²) >= 11 is 6.86. The summed E-state index contributed by atoms with van der Waals surface area (Å²) in [4.78, 5) is 14.3. The molecular weight excluding hydrogens is 370 g/mol. The monoisotopic (exact) mass is 387 g/mol. The Labute approximate surface area is 150 Å². The third kappa shape index (κ3) is 3.06. The van der Waals surface area contributed by atoms with Crippen LogP contribution in [0.25, 0.3) is 0 Å². The molecule has 0 bridgehead atoms. The Hall–Kier alpha value is -1.14. The first-order valence-electron chi connectivity index (χ1n) is 7.85. The Morgan fingerprint density at radius 1 is 1.21 bits per heavy atom. The van der Waals surface area contributed by atoms with Gasteiger partial charge in [0.15, 0.2) is 0 Å². The normalized spacial score (nSPS) is 21.6. The molecule has 130 valence electrons. The Bertz CT molecular complexity index is 770. The van der Waals surface area contributed by atoms with Crippen LogP contribution < -0.4 is 0 Å². The third-order valence-electron chi connectivity index (χ3n) is 4.75. The second-order valence-electron chi connectivity index (χ2n) is 6.16. The van der Waals surface area contributed by atoms with E-state index in [4.69, 9.17) is 11.6 Å². The molecule has 0 spiro atoms. The standard InChI is InChI=1S/C15H18ClN3O3S2/c16-12-3-4-13(23-12)24(21,22)19-9-7-18(8-10-19)14(20)15(11-17)5-1-2-6-15/h3-4H,1-2,5-10H2. The number of sulfonamides is 1. The Kier molecular flexibility index (Phi) is 4.89. The molecule has 1 aliphatic carbocycles. The van der Waals surface area contributed by atoms with Gasteiger partial charge < -0.3 is 4.90 Å². The zero-order chi connectivity index (χ0) is 17.4. The highest BCUT2D eigenvalue weighted by Gasteiger charge is 2.45. The maximum atomic E-state index is 12.7. The van der Waals surface area contributed by atoms with Crippen molar-refractivity contribution in [2.24, 2.45) is 5.41 Å². The first-order chi connectivity index (χ1) is 11.4. The van der Waals surface area contributed by atoms with Gasteiger partial charge in [0, 0.05) is 26.2 Å². The highest BCUT2D eigenvalue weighted by Crippen LogP contribution is 2.39. The number of rotatable bonds is 3. The van der Waals surface area contributed by atoms with Crippen molar-refractivity contribution < 1.29 is 13.2 Å². The van der Waals surface area contributed by atoms with Crippen molar-refractivity contribution in [3.63, 3.8) is 0 Å². The van der Waals surface area contributed by atoms with Gasteiger partial charge in [0.25, 0.3) is 10.0 Å². The van der Waals surface area contributed by atoms with E-state index >= 15 is 0 Å². The van der Waals surface area contributed by atoms with E-state index in [1.165, 1.54) is 10.4 Å². The van der Waals surface area contributed by atoms with Crippen LogP contribution in [0, 0.1) is 16.7 Å². The van der Waals surface area contributed by atoms with Gasteiger partial charge in [-0.25, -0.2) is 8.42 Å². The third-order valence-corrected chi connectivity index (χ3v) is 8.35. The number of amides is 1. The molecular formula is C15H18ClN3O3S2. The highest BCUT2D eigenvalue weighted by molar-refractivity contribution is 7.91. The molecule has 1 aromatic rings. The molecule has 1 amide bonds. The quantitative estimate of drug-likeness (QED) is 0.796. The molecule has 6 nitrogen and oxygen atoms in total. The molecule has 0 aromatic carbocycles. The maximum absolute atomic E-state index is 12.7. The molecule has 0 unspecified atom stereocenters. The fraction of sp³-hybridized carbons (Fsp3) is 0.600. The molecule has 2 aliphatic rings. The van der Waals surface area contributed by atoms with Crippen LogP contribution >= 0.6 is 22.9 Å². The van der Waals surface area contributed by atoms with Gasteiger partial charge in [0.2, 0.25) is 5.91 Å². The van der Waals surface area contributed by atoms with Crippen LogP contribution in [0.4, 0.5) is 0 Å². The second-order valence-corrected chi connectivity index (χ2v) is 10.0. The van der Waals surface area contributed by atoms with Crippen LogP contribution in [0.5, 0.6) is 0 Å². The van der Waals surface area contributed by atoms with E-state index in [1.807, 2.05) is 0 Å². The van der Waals surface area contributed by atoms with Crippen molar-refractivity contribution in [1.82, 2.24) is 9.21 Å². The lowest BCUT2D eigenvalue weighted by Gasteiger charge is -2.36. The first-order valence-corrected chi connectivity index (χ1v) is 10.5. The lowest BCUT2D eigenvalue weighted by Crippen LogP contribution is -2.53. The molecule has 9 heteroatoms. The van der Waals surface area contributed by atoms with Gasteiger partial charge >= 0.3 is 0 Å². The predicted octanol–water partition coefficient (Wildman–Crippen LogP) is 2.32. The van der Waals surface area contributed by atoms with Crippen LogP contribution in [0.2, 0.25) is 4.34 Å². The highest BCUT2D eigenvalue weighted by atomic mass is 35.5. The average molecular weight is 388 g/mol. The molecule has 2 heterocycles. The molecule has 24 heavy (non-hydrogen) atoms. The maximum Gasteiger partial charge on any atom is 0.252 e. The summed E-state index contributed by atoms with van der Waals surface area (Å²) in [6, 6.07) is 5.28. The van der Waals surface area contributed by atoms with Crippen LogP contribution in [0.15, 0.2) is 16.3 Å². The molecule has 1 aliphatic heterocycles. The number of carbonyl (C=O) groups is 1. The average Bonchev–Trinajstić information content (AvgIpc) is 3.24. The molecule has 2 fully saturated rings. The number of thiophene rings is 1. The molecule has 1 saturated carbocycles. The Morgan fingerprint density at radius 3 is 2.33 bits per heavy atom. The SMILES string of the molecule is N#CC1(C(=O)N2CCN(S(=O)(=O)c3ccc(Cl)s3)CC2)CCCC1. The van der Waals surface area contributed by atoms with Gasteiger partial charge in [0.1, 0.15) is 9.62 Å². The van der Waals surface area contributed by atoms with Crippen molar-refractivity contribution in [2.45, 2.75) is 29.9 Å². The number of carbonyl (C=O) groups excluding carboxylic acids is 1. The second kappa shape index (κ2) is 6.64. The minimum absolute atomic E-state index is 0.140. The van der Waals surface area contributed by atoms with E-state index in [0.717, 1.165) is 24.2 Å². The van der Waals surface area contributed by atoms with E-state index < -0.39 is 15.4 Å². The summed E-state index contributed by atoms with van der Waals surface area (Å²) in [6.45, 7) is 1.12. The van der Waals surface area contributed by atoms with E-state index in [-0.39, 0.29) is 23.2 Å². The van der Waals surface area contributed by atoms with Gasteiger partial charge in [0.05, 0.1) is 10.4 Å². The molecule has 0 N–H and O–H groups in total. The number of nitrogens with zero attached hydrogens (tertiary/aromatic N) is 3. The summed E-state index contributed by atoms with van der Waals surface area (Å²) < 4.78 is 27.2. The van der Waals surface area contributed by atoms with E-state index in [2.05, 4.69) is 6.07 Å². The van der Waals surface area contributed by atoms with Crippen LogP contribution in [0.3, 0.4) is 0 Å². The Balaban J connectivity index is 1.68.